The molecular formula is C18H26S2. The first-order chi connectivity index (χ1) is 9.74. The Morgan fingerprint density at radius 1 is 0.950 bits per heavy atom. The third kappa shape index (κ3) is 3.46. The normalized spacial score (nSPS) is 23.5. The van der Waals surface area contributed by atoms with Crippen molar-refractivity contribution >= 4 is 32.1 Å². The third-order valence-corrected chi connectivity index (χ3v) is 7.15. The molecule has 0 aliphatic heterocycles. The standard InChI is InChI=1S/C18H26S2/c1-3-4-15-11-17-18(19-15)12-16(20-17)10-9-14-7-5-13(2)6-8-14/h11-14H,3-10H2,1-2H3. The van der Waals surface area contributed by atoms with Gasteiger partial charge in [0.05, 0.1) is 0 Å². The van der Waals surface area contributed by atoms with Gasteiger partial charge in [0.2, 0.25) is 0 Å². The van der Waals surface area contributed by atoms with E-state index in [0.29, 0.717) is 0 Å². The van der Waals surface area contributed by atoms with E-state index in [2.05, 4.69) is 26.0 Å². The molecule has 1 aliphatic carbocycles. The third-order valence-electron chi connectivity index (χ3n) is 4.74. The van der Waals surface area contributed by atoms with E-state index in [1.54, 1.807) is 9.75 Å². The number of thiophene rings is 2. The van der Waals surface area contributed by atoms with Crippen molar-refractivity contribution in [2.45, 2.75) is 65.2 Å². The molecule has 3 rings (SSSR count). The van der Waals surface area contributed by atoms with Gasteiger partial charge in [-0.3, -0.25) is 0 Å². The zero-order valence-corrected chi connectivity index (χ0v) is 14.4. The van der Waals surface area contributed by atoms with E-state index in [-0.39, 0.29) is 0 Å². The smallest absolute Gasteiger partial charge is 0.0456 e. The van der Waals surface area contributed by atoms with Gasteiger partial charge in [-0.2, -0.15) is 0 Å². The van der Waals surface area contributed by atoms with Gasteiger partial charge in [0.25, 0.3) is 0 Å². The van der Waals surface area contributed by atoms with Crippen molar-refractivity contribution in [2.75, 3.05) is 0 Å². The molecule has 0 N–H and O–H groups in total. The summed E-state index contributed by atoms with van der Waals surface area (Å²) in [5, 5.41) is 0. The first-order valence-corrected chi connectivity index (χ1v) is 9.89. The fourth-order valence-corrected chi connectivity index (χ4v) is 5.96. The molecule has 0 bridgehead atoms. The predicted molar refractivity (Wildman–Crippen MR) is 93.1 cm³/mol. The molecule has 1 saturated carbocycles. The van der Waals surface area contributed by atoms with Crippen LogP contribution in [-0.2, 0) is 12.8 Å². The van der Waals surface area contributed by atoms with Crippen molar-refractivity contribution in [1.82, 2.24) is 0 Å². The van der Waals surface area contributed by atoms with Crippen molar-refractivity contribution in [2.24, 2.45) is 11.8 Å². The molecule has 1 fully saturated rings. The topological polar surface area (TPSA) is 0 Å². The van der Waals surface area contributed by atoms with Crippen LogP contribution in [0.25, 0.3) is 9.40 Å². The lowest BCUT2D eigenvalue weighted by Crippen LogP contribution is -2.12. The second-order valence-electron chi connectivity index (χ2n) is 6.57. The Balaban J connectivity index is 1.56. The van der Waals surface area contributed by atoms with Gasteiger partial charge in [-0.25, -0.2) is 0 Å². The Kier molecular flexibility index (Phi) is 4.83. The molecule has 0 atom stereocenters. The van der Waals surface area contributed by atoms with E-state index in [1.165, 1.54) is 60.8 Å². The van der Waals surface area contributed by atoms with Crippen LogP contribution in [-0.4, -0.2) is 0 Å². The number of hydrogen-bond donors (Lipinski definition) is 0. The number of rotatable bonds is 5. The molecule has 1 aliphatic rings. The van der Waals surface area contributed by atoms with Gasteiger partial charge in [0, 0.05) is 19.2 Å². The van der Waals surface area contributed by atoms with Crippen molar-refractivity contribution in [3.8, 4) is 0 Å². The summed E-state index contributed by atoms with van der Waals surface area (Å²) in [6.07, 6.45) is 11.1. The maximum Gasteiger partial charge on any atom is 0.0456 e. The van der Waals surface area contributed by atoms with Gasteiger partial charge in [-0.05, 0) is 43.2 Å². The lowest BCUT2D eigenvalue weighted by Gasteiger charge is -2.25. The first kappa shape index (κ1) is 14.6. The fourth-order valence-electron chi connectivity index (χ4n) is 3.39. The van der Waals surface area contributed by atoms with Crippen LogP contribution in [0, 0.1) is 11.8 Å². The van der Waals surface area contributed by atoms with E-state index < -0.39 is 0 Å². The van der Waals surface area contributed by atoms with Crippen LogP contribution in [0.5, 0.6) is 0 Å². The molecule has 20 heavy (non-hydrogen) atoms. The molecule has 110 valence electrons. The molecule has 2 aromatic heterocycles. The number of fused-ring (bicyclic) bond motifs is 1. The molecule has 2 aromatic rings. The van der Waals surface area contributed by atoms with Crippen LogP contribution in [0.1, 0.15) is 62.1 Å². The lowest BCUT2D eigenvalue weighted by molar-refractivity contribution is 0.278. The van der Waals surface area contributed by atoms with Crippen molar-refractivity contribution in [3.05, 3.63) is 21.9 Å². The Hall–Kier alpha value is -0.340. The van der Waals surface area contributed by atoms with Crippen LogP contribution < -0.4 is 0 Å². The Bertz CT molecular complexity index is 509. The van der Waals surface area contributed by atoms with Crippen molar-refractivity contribution < 1.29 is 0 Å². The van der Waals surface area contributed by atoms with E-state index in [9.17, 15) is 0 Å². The second kappa shape index (κ2) is 6.62. The molecule has 0 amide bonds. The summed E-state index contributed by atoms with van der Waals surface area (Å²) in [5.41, 5.74) is 0. The monoisotopic (exact) mass is 306 g/mol. The minimum Gasteiger partial charge on any atom is -0.139 e. The van der Waals surface area contributed by atoms with Crippen LogP contribution in [0.2, 0.25) is 0 Å². The molecule has 0 saturated heterocycles. The Morgan fingerprint density at radius 2 is 1.55 bits per heavy atom. The largest absolute Gasteiger partial charge is 0.139 e. The summed E-state index contributed by atoms with van der Waals surface area (Å²) in [4.78, 5) is 3.19. The zero-order valence-electron chi connectivity index (χ0n) is 12.8. The van der Waals surface area contributed by atoms with Crippen LogP contribution in [0.15, 0.2) is 12.1 Å². The average molecular weight is 307 g/mol. The molecule has 0 spiro atoms. The van der Waals surface area contributed by atoms with E-state index >= 15 is 0 Å². The highest BCUT2D eigenvalue weighted by atomic mass is 32.1. The SMILES string of the molecule is CCCc1cc2sc(CCC3CCC(C)CC3)cc2s1. The Morgan fingerprint density at radius 3 is 2.15 bits per heavy atom. The summed E-state index contributed by atoms with van der Waals surface area (Å²) in [7, 11) is 0. The summed E-state index contributed by atoms with van der Waals surface area (Å²) in [5.74, 6) is 1.98. The van der Waals surface area contributed by atoms with Crippen molar-refractivity contribution in [1.29, 1.82) is 0 Å². The highest BCUT2D eigenvalue weighted by Gasteiger charge is 2.18. The minimum atomic E-state index is 0.982. The van der Waals surface area contributed by atoms with E-state index in [0.717, 1.165) is 11.8 Å². The van der Waals surface area contributed by atoms with Crippen LogP contribution >= 0.6 is 22.7 Å². The van der Waals surface area contributed by atoms with Crippen LogP contribution in [0.4, 0.5) is 0 Å². The molecule has 0 radical (unpaired) electrons. The fraction of sp³-hybridized carbons (Fsp3) is 0.667. The van der Waals surface area contributed by atoms with E-state index in [4.69, 9.17) is 0 Å². The molecule has 2 heteroatoms. The highest BCUT2D eigenvalue weighted by molar-refractivity contribution is 7.27. The second-order valence-corrected chi connectivity index (χ2v) is 8.91. The minimum absolute atomic E-state index is 0.982. The van der Waals surface area contributed by atoms with E-state index in [1.807, 2.05) is 22.7 Å². The van der Waals surface area contributed by atoms with Gasteiger partial charge < -0.3 is 0 Å². The van der Waals surface area contributed by atoms with Gasteiger partial charge >= 0.3 is 0 Å². The highest BCUT2D eigenvalue weighted by Crippen LogP contribution is 2.36. The maximum atomic E-state index is 2.47. The maximum absolute atomic E-state index is 2.47. The summed E-state index contributed by atoms with van der Waals surface area (Å²) < 4.78 is 3.07. The summed E-state index contributed by atoms with van der Waals surface area (Å²) in [6, 6.07) is 4.90. The lowest BCUT2D eigenvalue weighted by atomic mass is 9.81. The molecule has 0 nitrogen and oxygen atoms in total. The van der Waals surface area contributed by atoms with Gasteiger partial charge in [0.15, 0.2) is 0 Å². The molecule has 0 unspecified atom stereocenters. The van der Waals surface area contributed by atoms with Gasteiger partial charge in [-0.15, -0.1) is 22.7 Å². The van der Waals surface area contributed by atoms with Gasteiger partial charge in [-0.1, -0.05) is 46.0 Å². The summed E-state index contributed by atoms with van der Waals surface area (Å²) >= 11 is 4.06. The Labute approximate surface area is 131 Å². The first-order valence-electron chi connectivity index (χ1n) is 8.25. The molecule has 2 heterocycles. The zero-order chi connectivity index (χ0) is 13.9. The quantitative estimate of drug-likeness (QED) is 0.578. The predicted octanol–water partition coefficient (Wildman–Crippen LogP) is 6.67. The number of aryl methyl sites for hydroxylation is 2. The number of hydrogen-bond acceptors (Lipinski definition) is 2. The molecule has 0 aromatic carbocycles. The van der Waals surface area contributed by atoms with Crippen LogP contribution in [0.3, 0.4) is 0 Å². The summed E-state index contributed by atoms with van der Waals surface area (Å²) in [6.45, 7) is 4.68. The van der Waals surface area contributed by atoms with Crippen molar-refractivity contribution in [3.63, 3.8) is 0 Å². The molecular weight excluding hydrogens is 280 g/mol. The van der Waals surface area contributed by atoms with Gasteiger partial charge in [0.1, 0.15) is 0 Å². The average Bonchev–Trinajstić information content (AvgIpc) is 2.96.